The molecule has 1 aromatic heterocycles. The average Bonchev–Trinajstić information content (AvgIpc) is 3.08. The highest BCUT2D eigenvalue weighted by Crippen LogP contribution is 2.25. The summed E-state index contributed by atoms with van der Waals surface area (Å²) in [5.74, 6) is 0.299. The van der Waals surface area contributed by atoms with Crippen molar-refractivity contribution in [1.82, 2.24) is 10.2 Å². The second-order valence-corrected chi connectivity index (χ2v) is 6.79. The molecule has 3 aromatic rings. The Morgan fingerprint density at radius 3 is 2.41 bits per heavy atom. The molecule has 0 radical (unpaired) electrons. The SMILES string of the molecule is Cc1cc(C)cc(-c2nnc(SCC(=O)c3ccc(OC(F)F)cc3)o2)c1. The predicted molar refractivity (Wildman–Crippen MR) is 97.3 cm³/mol. The van der Waals surface area contributed by atoms with Crippen molar-refractivity contribution in [2.24, 2.45) is 0 Å². The number of rotatable bonds is 7. The summed E-state index contributed by atoms with van der Waals surface area (Å²) in [6.07, 6.45) is 0. The molecule has 3 rings (SSSR count). The summed E-state index contributed by atoms with van der Waals surface area (Å²) in [5.41, 5.74) is 3.39. The summed E-state index contributed by atoms with van der Waals surface area (Å²) in [6, 6.07) is 11.5. The summed E-state index contributed by atoms with van der Waals surface area (Å²) in [6.45, 7) is 1.07. The molecule has 5 nitrogen and oxygen atoms in total. The second-order valence-electron chi connectivity index (χ2n) is 5.86. The Morgan fingerprint density at radius 1 is 1.11 bits per heavy atom. The number of carbonyl (C=O) groups is 1. The van der Waals surface area contributed by atoms with Crippen LogP contribution in [0.2, 0.25) is 0 Å². The van der Waals surface area contributed by atoms with Gasteiger partial charge < -0.3 is 9.15 Å². The molecule has 0 aliphatic heterocycles. The van der Waals surface area contributed by atoms with Gasteiger partial charge in [0, 0.05) is 11.1 Å². The lowest BCUT2D eigenvalue weighted by Gasteiger charge is -2.04. The zero-order valence-corrected chi connectivity index (χ0v) is 15.4. The Hall–Kier alpha value is -2.74. The maximum absolute atomic E-state index is 12.2. The van der Waals surface area contributed by atoms with Gasteiger partial charge in [-0.3, -0.25) is 4.79 Å². The molecule has 0 atom stereocenters. The molecule has 2 aromatic carbocycles. The normalized spacial score (nSPS) is 11.0. The number of aromatic nitrogens is 2. The number of nitrogens with zero attached hydrogens (tertiary/aromatic N) is 2. The standard InChI is InChI=1S/C19H16F2N2O3S/c1-11-7-12(2)9-14(8-11)17-22-23-19(26-17)27-10-16(24)13-3-5-15(6-4-13)25-18(20)21/h3-9,18H,10H2,1-2H3. The van der Waals surface area contributed by atoms with Crippen molar-refractivity contribution >= 4 is 17.5 Å². The number of alkyl halides is 2. The molecule has 0 bridgehead atoms. The lowest BCUT2D eigenvalue weighted by Crippen LogP contribution is -2.04. The smallest absolute Gasteiger partial charge is 0.387 e. The third kappa shape index (κ3) is 5.13. The first-order chi connectivity index (χ1) is 12.9. The fourth-order valence-corrected chi connectivity index (χ4v) is 3.17. The zero-order chi connectivity index (χ0) is 19.4. The van der Waals surface area contributed by atoms with Crippen molar-refractivity contribution in [3.8, 4) is 17.2 Å². The number of ketones is 1. The number of halogens is 2. The number of hydrogen-bond donors (Lipinski definition) is 0. The van der Waals surface area contributed by atoms with Crippen molar-refractivity contribution in [2.75, 3.05) is 5.75 Å². The summed E-state index contributed by atoms with van der Waals surface area (Å²) in [5, 5.41) is 8.26. The van der Waals surface area contributed by atoms with Gasteiger partial charge in [-0.25, -0.2) is 0 Å². The van der Waals surface area contributed by atoms with Crippen LogP contribution in [0.1, 0.15) is 21.5 Å². The highest BCUT2D eigenvalue weighted by Gasteiger charge is 2.13. The van der Waals surface area contributed by atoms with Gasteiger partial charge in [-0.1, -0.05) is 29.0 Å². The molecule has 0 unspecified atom stereocenters. The fraction of sp³-hybridized carbons (Fsp3) is 0.211. The highest BCUT2D eigenvalue weighted by atomic mass is 32.2. The average molecular weight is 390 g/mol. The van der Waals surface area contributed by atoms with Crippen LogP contribution in [0.25, 0.3) is 11.5 Å². The van der Waals surface area contributed by atoms with Crippen LogP contribution in [0.15, 0.2) is 52.1 Å². The topological polar surface area (TPSA) is 65.2 Å². The van der Waals surface area contributed by atoms with Crippen LogP contribution in [0, 0.1) is 13.8 Å². The van der Waals surface area contributed by atoms with Crippen molar-refractivity contribution in [3.05, 3.63) is 59.2 Å². The number of Topliss-reactive ketones (excluding diaryl/α,β-unsaturated/α-hetero) is 1. The Labute approximate surface area is 158 Å². The van der Waals surface area contributed by atoms with Gasteiger partial charge in [0.25, 0.3) is 5.22 Å². The van der Waals surface area contributed by atoms with E-state index in [1.165, 1.54) is 24.3 Å². The van der Waals surface area contributed by atoms with Gasteiger partial charge in [-0.15, -0.1) is 10.2 Å². The van der Waals surface area contributed by atoms with Crippen molar-refractivity contribution in [2.45, 2.75) is 25.7 Å². The Balaban J connectivity index is 1.62. The molecular formula is C19H16F2N2O3S. The third-order valence-electron chi connectivity index (χ3n) is 3.60. The van der Waals surface area contributed by atoms with Crippen LogP contribution in [0.3, 0.4) is 0 Å². The quantitative estimate of drug-likeness (QED) is 0.421. The molecule has 0 spiro atoms. The number of benzene rings is 2. The van der Waals surface area contributed by atoms with E-state index in [9.17, 15) is 13.6 Å². The van der Waals surface area contributed by atoms with Gasteiger partial charge in [0.05, 0.1) is 5.75 Å². The largest absolute Gasteiger partial charge is 0.435 e. The van der Waals surface area contributed by atoms with E-state index < -0.39 is 6.61 Å². The van der Waals surface area contributed by atoms with Crippen LogP contribution in [0.5, 0.6) is 5.75 Å². The van der Waals surface area contributed by atoms with Gasteiger partial charge in [-0.2, -0.15) is 8.78 Å². The van der Waals surface area contributed by atoms with Gasteiger partial charge in [0.1, 0.15) is 5.75 Å². The van der Waals surface area contributed by atoms with Crippen molar-refractivity contribution < 1.29 is 22.7 Å². The van der Waals surface area contributed by atoms with E-state index in [0.29, 0.717) is 11.5 Å². The molecular weight excluding hydrogens is 374 g/mol. The Bertz CT molecular complexity index is 922. The summed E-state index contributed by atoms with van der Waals surface area (Å²) in [4.78, 5) is 12.2. The minimum atomic E-state index is -2.90. The van der Waals surface area contributed by atoms with E-state index >= 15 is 0 Å². The van der Waals surface area contributed by atoms with Crippen LogP contribution in [0.4, 0.5) is 8.78 Å². The number of hydrogen-bond acceptors (Lipinski definition) is 6. The molecule has 0 saturated heterocycles. The van der Waals surface area contributed by atoms with Crippen LogP contribution in [-0.2, 0) is 0 Å². The van der Waals surface area contributed by atoms with Gasteiger partial charge in [-0.05, 0) is 50.2 Å². The monoisotopic (exact) mass is 390 g/mol. The maximum Gasteiger partial charge on any atom is 0.387 e. The minimum absolute atomic E-state index is 0.00388. The van der Waals surface area contributed by atoms with E-state index in [-0.39, 0.29) is 22.5 Å². The highest BCUT2D eigenvalue weighted by molar-refractivity contribution is 7.99. The van der Waals surface area contributed by atoms with Gasteiger partial charge >= 0.3 is 6.61 Å². The lowest BCUT2D eigenvalue weighted by atomic mass is 10.1. The maximum atomic E-state index is 12.2. The van der Waals surface area contributed by atoms with E-state index in [2.05, 4.69) is 14.9 Å². The Morgan fingerprint density at radius 2 is 1.78 bits per heavy atom. The number of ether oxygens (including phenoxy) is 1. The molecule has 140 valence electrons. The summed E-state index contributed by atoms with van der Waals surface area (Å²) >= 11 is 1.12. The summed E-state index contributed by atoms with van der Waals surface area (Å²) in [7, 11) is 0. The molecule has 0 aliphatic rings. The number of thioether (sulfide) groups is 1. The van der Waals surface area contributed by atoms with Crippen molar-refractivity contribution in [1.29, 1.82) is 0 Å². The third-order valence-corrected chi connectivity index (χ3v) is 4.42. The lowest BCUT2D eigenvalue weighted by molar-refractivity contribution is -0.0498. The molecule has 0 amide bonds. The molecule has 27 heavy (non-hydrogen) atoms. The molecule has 0 aliphatic carbocycles. The first-order valence-electron chi connectivity index (χ1n) is 8.04. The van der Waals surface area contributed by atoms with Crippen molar-refractivity contribution in [3.63, 3.8) is 0 Å². The Kier molecular flexibility index (Phi) is 5.85. The predicted octanol–water partition coefficient (Wildman–Crippen LogP) is 4.93. The fourth-order valence-electron chi connectivity index (χ4n) is 2.52. The van der Waals surface area contributed by atoms with Crippen LogP contribution >= 0.6 is 11.8 Å². The van der Waals surface area contributed by atoms with Crippen LogP contribution < -0.4 is 4.74 Å². The number of aryl methyl sites for hydroxylation is 2. The van der Waals surface area contributed by atoms with Crippen LogP contribution in [-0.4, -0.2) is 28.3 Å². The molecule has 0 saturated carbocycles. The second kappa shape index (κ2) is 8.30. The number of carbonyl (C=O) groups excluding carboxylic acids is 1. The summed E-state index contributed by atoms with van der Waals surface area (Å²) < 4.78 is 34.2. The molecule has 1 heterocycles. The van der Waals surface area contributed by atoms with Gasteiger partial charge in [0.2, 0.25) is 5.89 Å². The van der Waals surface area contributed by atoms with Gasteiger partial charge in [0.15, 0.2) is 5.78 Å². The minimum Gasteiger partial charge on any atom is -0.435 e. The molecule has 0 N–H and O–H groups in total. The first kappa shape index (κ1) is 19.0. The van der Waals surface area contributed by atoms with E-state index in [4.69, 9.17) is 4.42 Å². The first-order valence-corrected chi connectivity index (χ1v) is 9.02. The van der Waals surface area contributed by atoms with E-state index in [1.807, 2.05) is 32.0 Å². The molecule has 0 fully saturated rings. The molecule has 8 heteroatoms. The zero-order valence-electron chi connectivity index (χ0n) is 14.6. The van der Waals surface area contributed by atoms with E-state index in [1.54, 1.807) is 0 Å². The van der Waals surface area contributed by atoms with E-state index in [0.717, 1.165) is 28.5 Å².